The van der Waals surface area contributed by atoms with Crippen LogP contribution >= 0.6 is 11.3 Å². The summed E-state index contributed by atoms with van der Waals surface area (Å²) < 4.78 is 19.9. The molecule has 1 unspecified atom stereocenters. The number of fused-ring (bicyclic) bond motifs is 1. The van der Waals surface area contributed by atoms with E-state index < -0.39 is 6.10 Å². The fraction of sp³-hybridized carbons (Fsp3) is 0.294. The van der Waals surface area contributed by atoms with Gasteiger partial charge in [-0.25, -0.2) is 9.37 Å². The third-order valence-corrected chi connectivity index (χ3v) is 4.66. The molecule has 0 aliphatic carbocycles. The summed E-state index contributed by atoms with van der Waals surface area (Å²) >= 11 is 1.36. The van der Waals surface area contributed by atoms with Gasteiger partial charge in [-0.3, -0.25) is 9.20 Å². The van der Waals surface area contributed by atoms with Crippen molar-refractivity contribution in [1.29, 1.82) is 0 Å². The van der Waals surface area contributed by atoms with Crippen molar-refractivity contribution in [3.63, 3.8) is 0 Å². The van der Waals surface area contributed by atoms with Crippen molar-refractivity contribution < 1.29 is 14.2 Å². The molecule has 3 aromatic rings. The molecule has 1 aromatic carbocycles. The Morgan fingerprint density at radius 3 is 2.75 bits per heavy atom. The smallest absolute Gasteiger partial charge is 0.259 e. The first-order valence-electron chi connectivity index (χ1n) is 7.58. The number of hydrogen-bond acceptors (Lipinski definition) is 5. The molecule has 0 saturated carbocycles. The van der Waals surface area contributed by atoms with Gasteiger partial charge in [0.1, 0.15) is 18.2 Å². The average Bonchev–Trinajstić information content (AvgIpc) is 2.90. The first-order chi connectivity index (χ1) is 11.5. The molecule has 0 radical (unpaired) electrons. The summed E-state index contributed by atoms with van der Waals surface area (Å²) in [6.45, 7) is 3.83. The number of aromatic nitrogens is 2. The van der Waals surface area contributed by atoms with Gasteiger partial charge < -0.3 is 9.84 Å². The van der Waals surface area contributed by atoms with Crippen LogP contribution in [0.15, 0.2) is 35.1 Å². The van der Waals surface area contributed by atoms with E-state index in [0.29, 0.717) is 28.5 Å². The minimum atomic E-state index is -0.695. The maximum absolute atomic E-state index is 12.9. The second kappa shape index (κ2) is 6.70. The number of aryl methyl sites for hydroxylation is 1. The number of rotatable bonds is 5. The lowest BCUT2D eigenvalue weighted by Crippen LogP contribution is -2.19. The number of halogens is 1. The number of nitrogens with zero attached hydrogens (tertiary/aromatic N) is 2. The molecule has 0 saturated heterocycles. The van der Waals surface area contributed by atoms with Crippen LogP contribution in [0.3, 0.4) is 0 Å². The van der Waals surface area contributed by atoms with Crippen LogP contribution in [0.5, 0.6) is 5.75 Å². The number of ether oxygens (including phenoxy) is 1. The lowest BCUT2D eigenvalue weighted by Gasteiger charge is -2.09. The van der Waals surface area contributed by atoms with E-state index >= 15 is 0 Å². The maximum atomic E-state index is 12.9. The van der Waals surface area contributed by atoms with Crippen molar-refractivity contribution in [3.8, 4) is 5.75 Å². The van der Waals surface area contributed by atoms with Crippen molar-refractivity contribution in [1.82, 2.24) is 9.38 Å². The van der Waals surface area contributed by atoms with Crippen LogP contribution < -0.4 is 10.3 Å². The first kappa shape index (κ1) is 16.6. The summed E-state index contributed by atoms with van der Waals surface area (Å²) in [4.78, 5) is 18.3. The van der Waals surface area contributed by atoms with Gasteiger partial charge in [-0.05, 0) is 37.6 Å². The van der Waals surface area contributed by atoms with Crippen LogP contribution in [0.4, 0.5) is 4.39 Å². The van der Waals surface area contributed by atoms with Gasteiger partial charge in [-0.2, -0.15) is 0 Å². The van der Waals surface area contributed by atoms with E-state index in [-0.39, 0.29) is 18.0 Å². The van der Waals surface area contributed by atoms with Gasteiger partial charge >= 0.3 is 0 Å². The molecule has 1 atom stereocenters. The highest BCUT2D eigenvalue weighted by atomic mass is 32.1. The zero-order valence-electron chi connectivity index (χ0n) is 13.3. The van der Waals surface area contributed by atoms with Crippen molar-refractivity contribution in [2.24, 2.45) is 0 Å². The largest absolute Gasteiger partial charge is 0.487 e. The molecule has 126 valence electrons. The fourth-order valence-corrected chi connectivity index (χ4v) is 3.53. The number of thiazole rings is 1. The van der Waals surface area contributed by atoms with E-state index in [0.717, 1.165) is 4.88 Å². The molecule has 0 bridgehead atoms. The molecule has 2 aromatic heterocycles. The molecule has 0 spiro atoms. The summed E-state index contributed by atoms with van der Waals surface area (Å²) in [5.74, 6) is 0.166. The first-order valence-corrected chi connectivity index (χ1v) is 8.39. The SMILES string of the molecule is CCC(O)c1c(C)sc2nc(COc3ccc(F)cc3)cc(=O)n12. The molecule has 1 N–H and O–H groups in total. The summed E-state index contributed by atoms with van der Waals surface area (Å²) in [5.41, 5.74) is 0.841. The molecule has 7 heteroatoms. The lowest BCUT2D eigenvalue weighted by molar-refractivity contribution is 0.167. The second-order valence-corrected chi connectivity index (χ2v) is 6.60. The van der Waals surface area contributed by atoms with E-state index in [1.165, 1.54) is 46.1 Å². The van der Waals surface area contributed by atoms with E-state index in [4.69, 9.17) is 4.74 Å². The van der Waals surface area contributed by atoms with Crippen LogP contribution in [0.2, 0.25) is 0 Å². The predicted molar refractivity (Wildman–Crippen MR) is 90.1 cm³/mol. The number of aliphatic hydroxyl groups is 1. The Morgan fingerprint density at radius 2 is 2.08 bits per heavy atom. The molecular formula is C17H17FN2O3S. The average molecular weight is 348 g/mol. The topological polar surface area (TPSA) is 63.8 Å². The molecule has 0 aliphatic heterocycles. The summed E-state index contributed by atoms with van der Waals surface area (Å²) in [7, 11) is 0. The number of hydrogen-bond donors (Lipinski definition) is 1. The van der Waals surface area contributed by atoms with Crippen molar-refractivity contribution in [2.45, 2.75) is 33.0 Å². The van der Waals surface area contributed by atoms with Crippen LogP contribution in [0, 0.1) is 12.7 Å². The third-order valence-electron chi connectivity index (χ3n) is 3.69. The van der Waals surface area contributed by atoms with Crippen LogP contribution in [-0.2, 0) is 6.61 Å². The maximum Gasteiger partial charge on any atom is 0.259 e. The number of benzene rings is 1. The van der Waals surface area contributed by atoms with Crippen LogP contribution in [0.1, 0.15) is 35.7 Å². The Hall–Kier alpha value is -2.25. The lowest BCUT2D eigenvalue weighted by atomic mass is 10.2. The van der Waals surface area contributed by atoms with Gasteiger partial charge in [-0.15, -0.1) is 11.3 Å². The molecule has 0 fully saturated rings. The Morgan fingerprint density at radius 1 is 1.38 bits per heavy atom. The van der Waals surface area contributed by atoms with E-state index in [2.05, 4.69) is 4.98 Å². The third kappa shape index (κ3) is 3.18. The normalized spacial score (nSPS) is 12.5. The highest BCUT2D eigenvalue weighted by molar-refractivity contribution is 7.17. The minimum Gasteiger partial charge on any atom is -0.487 e. The van der Waals surface area contributed by atoms with Gasteiger partial charge in [0.05, 0.1) is 17.5 Å². The highest BCUT2D eigenvalue weighted by Gasteiger charge is 2.18. The fourth-order valence-electron chi connectivity index (χ4n) is 2.48. The van der Waals surface area contributed by atoms with Gasteiger partial charge in [0.15, 0.2) is 4.96 Å². The van der Waals surface area contributed by atoms with E-state index in [1.54, 1.807) is 0 Å². The summed E-state index contributed by atoms with van der Waals surface area (Å²) in [5, 5.41) is 10.1. The van der Waals surface area contributed by atoms with Crippen molar-refractivity contribution in [3.05, 3.63) is 62.8 Å². The van der Waals surface area contributed by atoms with Gasteiger partial charge in [-0.1, -0.05) is 6.92 Å². The zero-order chi connectivity index (χ0) is 17.3. The molecule has 2 heterocycles. The van der Waals surface area contributed by atoms with Crippen LogP contribution in [-0.4, -0.2) is 14.5 Å². The summed E-state index contributed by atoms with van der Waals surface area (Å²) in [6, 6.07) is 7.05. The van der Waals surface area contributed by atoms with Gasteiger partial charge in [0.25, 0.3) is 5.56 Å². The summed E-state index contributed by atoms with van der Waals surface area (Å²) in [6.07, 6.45) is -0.172. The molecule has 0 aliphatic rings. The zero-order valence-corrected chi connectivity index (χ0v) is 14.1. The second-order valence-electron chi connectivity index (χ2n) is 5.41. The van der Waals surface area contributed by atoms with Crippen molar-refractivity contribution in [2.75, 3.05) is 0 Å². The monoisotopic (exact) mass is 348 g/mol. The van der Waals surface area contributed by atoms with Crippen LogP contribution in [0.25, 0.3) is 4.96 Å². The Kier molecular flexibility index (Phi) is 4.64. The minimum absolute atomic E-state index is 0.111. The van der Waals surface area contributed by atoms with E-state index in [1.807, 2.05) is 13.8 Å². The molecule has 5 nitrogen and oxygen atoms in total. The van der Waals surface area contributed by atoms with Gasteiger partial charge in [0.2, 0.25) is 0 Å². The number of aliphatic hydroxyl groups excluding tert-OH is 1. The molecular weight excluding hydrogens is 331 g/mol. The Balaban J connectivity index is 1.91. The standard InChI is InChI=1S/C17H17FN2O3S/c1-3-14(21)16-10(2)24-17-19-12(8-15(22)20(16)17)9-23-13-6-4-11(18)5-7-13/h4-8,14,21H,3,9H2,1-2H3. The Labute approximate surface area is 142 Å². The molecule has 24 heavy (non-hydrogen) atoms. The predicted octanol–water partition coefficient (Wildman–Crippen LogP) is 3.23. The molecule has 0 amide bonds. The van der Waals surface area contributed by atoms with E-state index in [9.17, 15) is 14.3 Å². The highest BCUT2D eigenvalue weighted by Crippen LogP contribution is 2.27. The Bertz CT molecular complexity index is 918. The molecule has 3 rings (SSSR count). The quantitative estimate of drug-likeness (QED) is 0.769. The van der Waals surface area contributed by atoms with Crippen molar-refractivity contribution >= 4 is 16.3 Å². The van der Waals surface area contributed by atoms with Gasteiger partial charge in [0, 0.05) is 10.9 Å².